The van der Waals surface area contributed by atoms with Crippen molar-refractivity contribution in [2.24, 2.45) is 0 Å². The van der Waals surface area contributed by atoms with E-state index in [2.05, 4.69) is 47.1 Å². The zero-order chi connectivity index (χ0) is 13.7. The number of fused-ring (bicyclic) bond motifs is 1. The lowest BCUT2D eigenvalue weighted by Crippen LogP contribution is -2.05. The largest absolute Gasteiger partial charge is 0.385 e. The van der Waals surface area contributed by atoms with Gasteiger partial charge in [0.25, 0.3) is 0 Å². The summed E-state index contributed by atoms with van der Waals surface area (Å²) in [5.41, 5.74) is 13.8. The number of hydrogen-bond acceptors (Lipinski definition) is 4. The third-order valence-corrected chi connectivity index (χ3v) is 4.17. The van der Waals surface area contributed by atoms with E-state index in [1.807, 2.05) is 6.07 Å². The molecule has 0 saturated heterocycles. The lowest BCUT2D eigenvalue weighted by molar-refractivity contribution is 1.01. The van der Waals surface area contributed by atoms with Gasteiger partial charge in [-0.25, -0.2) is 0 Å². The average Bonchev–Trinajstić information content (AvgIpc) is 2.90. The van der Waals surface area contributed by atoms with Gasteiger partial charge < -0.3 is 5.73 Å². The molecular weight excluding hydrogens is 256 g/mol. The van der Waals surface area contributed by atoms with Gasteiger partial charge in [0.15, 0.2) is 0 Å². The summed E-state index contributed by atoms with van der Waals surface area (Å²) in [4.78, 5) is 0. The highest BCUT2D eigenvalue weighted by Crippen LogP contribution is 2.31. The standard InChI is InChI=1S/C14H16N4S/c1-7-6-11(15)18(10(7)4)14-9(3)5-8(2)12-13(14)17-19-16-12/h5-6H,15H2,1-4H3. The SMILES string of the molecule is Cc1cc(C)c2nsnc2c1-n1c(N)cc(C)c1C. The minimum absolute atomic E-state index is 0.747. The van der Waals surface area contributed by atoms with Crippen molar-refractivity contribution >= 4 is 28.6 Å². The zero-order valence-corrected chi connectivity index (χ0v) is 12.3. The average molecular weight is 272 g/mol. The maximum Gasteiger partial charge on any atom is 0.129 e. The monoisotopic (exact) mass is 272 g/mol. The molecule has 0 atom stereocenters. The van der Waals surface area contributed by atoms with Gasteiger partial charge >= 0.3 is 0 Å². The summed E-state index contributed by atoms with van der Waals surface area (Å²) in [7, 11) is 0. The molecule has 2 aromatic heterocycles. The molecule has 1 aromatic carbocycles. The van der Waals surface area contributed by atoms with E-state index in [0.717, 1.165) is 33.8 Å². The van der Waals surface area contributed by atoms with Crippen LogP contribution in [0.3, 0.4) is 0 Å². The highest BCUT2D eigenvalue weighted by molar-refractivity contribution is 7.00. The summed E-state index contributed by atoms with van der Waals surface area (Å²) in [5, 5.41) is 0. The van der Waals surface area contributed by atoms with Gasteiger partial charge in [0.1, 0.15) is 16.9 Å². The van der Waals surface area contributed by atoms with Gasteiger partial charge in [0.05, 0.1) is 17.4 Å². The van der Waals surface area contributed by atoms with E-state index in [-0.39, 0.29) is 0 Å². The van der Waals surface area contributed by atoms with E-state index in [0.29, 0.717) is 0 Å². The van der Waals surface area contributed by atoms with E-state index in [1.165, 1.54) is 22.9 Å². The zero-order valence-electron chi connectivity index (χ0n) is 11.5. The predicted octanol–water partition coefficient (Wildman–Crippen LogP) is 3.30. The first-order valence-electron chi connectivity index (χ1n) is 6.18. The number of anilines is 1. The van der Waals surface area contributed by atoms with Gasteiger partial charge in [-0.3, -0.25) is 4.57 Å². The van der Waals surface area contributed by atoms with Crippen LogP contribution in [0.1, 0.15) is 22.4 Å². The first-order valence-corrected chi connectivity index (χ1v) is 6.91. The molecule has 98 valence electrons. The summed E-state index contributed by atoms with van der Waals surface area (Å²) in [6.45, 7) is 8.31. The van der Waals surface area contributed by atoms with E-state index >= 15 is 0 Å². The Balaban J connectivity index is 2.46. The second-order valence-electron chi connectivity index (χ2n) is 4.99. The van der Waals surface area contributed by atoms with Crippen molar-refractivity contribution in [3.05, 3.63) is 34.5 Å². The maximum atomic E-state index is 6.16. The summed E-state index contributed by atoms with van der Waals surface area (Å²) in [6, 6.07) is 4.15. The van der Waals surface area contributed by atoms with E-state index in [1.54, 1.807) is 0 Å². The Kier molecular flexibility index (Phi) is 2.60. The first kappa shape index (κ1) is 12.2. The van der Waals surface area contributed by atoms with Crippen LogP contribution < -0.4 is 5.73 Å². The van der Waals surface area contributed by atoms with Crippen molar-refractivity contribution in [2.75, 3.05) is 5.73 Å². The number of aryl methyl sites for hydroxylation is 3. The van der Waals surface area contributed by atoms with Crippen molar-refractivity contribution in [1.82, 2.24) is 13.3 Å². The second kappa shape index (κ2) is 4.06. The molecule has 0 bridgehead atoms. The second-order valence-corrected chi connectivity index (χ2v) is 5.52. The van der Waals surface area contributed by atoms with Crippen LogP contribution in [0.4, 0.5) is 5.82 Å². The Hall–Kier alpha value is -1.88. The summed E-state index contributed by atoms with van der Waals surface area (Å²) < 4.78 is 10.9. The third-order valence-electron chi connectivity index (χ3n) is 3.65. The normalized spacial score (nSPS) is 11.4. The number of nitrogens with zero attached hydrogens (tertiary/aromatic N) is 3. The van der Waals surface area contributed by atoms with Crippen LogP contribution in [-0.4, -0.2) is 13.3 Å². The van der Waals surface area contributed by atoms with Gasteiger partial charge in [0, 0.05) is 5.69 Å². The van der Waals surface area contributed by atoms with Gasteiger partial charge in [-0.1, -0.05) is 6.07 Å². The lowest BCUT2D eigenvalue weighted by Gasteiger charge is -2.14. The topological polar surface area (TPSA) is 56.7 Å². The number of nitrogens with two attached hydrogens (primary N) is 1. The number of benzene rings is 1. The molecule has 19 heavy (non-hydrogen) atoms. The number of hydrogen-bond donors (Lipinski definition) is 1. The highest BCUT2D eigenvalue weighted by atomic mass is 32.1. The van der Waals surface area contributed by atoms with Crippen molar-refractivity contribution < 1.29 is 0 Å². The smallest absolute Gasteiger partial charge is 0.129 e. The fourth-order valence-electron chi connectivity index (χ4n) is 2.59. The molecule has 0 spiro atoms. The number of nitrogen functional groups attached to an aromatic ring is 1. The van der Waals surface area contributed by atoms with E-state index < -0.39 is 0 Å². The molecule has 3 aromatic rings. The highest BCUT2D eigenvalue weighted by Gasteiger charge is 2.17. The predicted molar refractivity (Wildman–Crippen MR) is 80.1 cm³/mol. The Bertz CT molecular complexity index is 782. The fraction of sp³-hybridized carbons (Fsp3) is 0.286. The van der Waals surface area contributed by atoms with Crippen molar-refractivity contribution in [2.45, 2.75) is 27.7 Å². The van der Waals surface area contributed by atoms with Gasteiger partial charge in [-0.15, -0.1) is 0 Å². The van der Waals surface area contributed by atoms with Crippen molar-refractivity contribution in [1.29, 1.82) is 0 Å². The third kappa shape index (κ3) is 1.65. The Morgan fingerprint density at radius 3 is 2.26 bits per heavy atom. The lowest BCUT2D eigenvalue weighted by atomic mass is 10.1. The first-order chi connectivity index (χ1) is 9.00. The van der Waals surface area contributed by atoms with Crippen LogP contribution in [0.5, 0.6) is 0 Å². The van der Waals surface area contributed by atoms with Crippen LogP contribution in [0, 0.1) is 27.7 Å². The Labute approximate surface area is 116 Å². The van der Waals surface area contributed by atoms with Crippen LogP contribution in [0.25, 0.3) is 16.7 Å². The number of aromatic nitrogens is 3. The van der Waals surface area contributed by atoms with Crippen LogP contribution in [0.15, 0.2) is 12.1 Å². The molecule has 0 aliphatic rings. The van der Waals surface area contributed by atoms with Gasteiger partial charge in [-0.2, -0.15) is 8.75 Å². The quantitative estimate of drug-likeness (QED) is 0.739. The van der Waals surface area contributed by atoms with E-state index in [4.69, 9.17) is 5.73 Å². The molecule has 2 heterocycles. The number of rotatable bonds is 1. The molecule has 4 nitrogen and oxygen atoms in total. The van der Waals surface area contributed by atoms with E-state index in [9.17, 15) is 0 Å². The summed E-state index contributed by atoms with van der Waals surface area (Å²) in [6.07, 6.45) is 0. The van der Waals surface area contributed by atoms with Crippen molar-refractivity contribution in [3.8, 4) is 5.69 Å². The molecule has 0 radical (unpaired) electrons. The summed E-state index contributed by atoms with van der Waals surface area (Å²) >= 11 is 1.25. The molecular formula is C14H16N4S. The Morgan fingerprint density at radius 1 is 0.947 bits per heavy atom. The Morgan fingerprint density at radius 2 is 1.63 bits per heavy atom. The summed E-state index contributed by atoms with van der Waals surface area (Å²) in [5.74, 6) is 0.747. The molecule has 3 rings (SSSR count). The van der Waals surface area contributed by atoms with Crippen LogP contribution >= 0.6 is 11.7 Å². The molecule has 0 saturated carbocycles. The molecule has 2 N–H and O–H groups in total. The molecule has 0 unspecified atom stereocenters. The van der Waals surface area contributed by atoms with Gasteiger partial charge in [-0.05, 0) is 50.5 Å². The van der Waals surface area contributed by atoms with Crippen LogP contribution in [-0.2, 0) is 0 Å². The van der Waals surface area contributed by atoms with Gasteiger partial charge in [0.2, 0.25) is 0 Å². The minimum Gasteiger partial charge on any atom is -0.385 e. The maximum absolute atomic E-state index is 6.16. The molecule has 5 heteroatoms. The van der Waals surface area contributed by atoms with Crippen LogP contribution in [0.2, 0.25) is 0 Å². The molecule has 0 amide bonds. The fourth-order valence-corrected chi connectivity index (χ4v) is 3.20. The molecule has 0 aliphatic carbocycles. The molecule has 0 fully saturated rings. The minimum atomic E-state index is 0.747. The van der Waals surface area contributed by atoms with Crippen molar-refractivity contribution in [3.63, 3.8) is 0 Å². The molecule has 0 aliphatic heterocycles.